The molecule has 232 valence electrons. The van der Waals surface area contributed by atoms with Crippen molar-refractivity contribution < 1.29 is 0 Å². The van der Waals surface area contributed by atoms with Crippen LogP contribution < -0.4 is 5.56 Å². The Morgan fingerprint density at radius 2 is 1.18 bits per heavy atom. The first-order valence-corrected chi connectivity index (χ1v) is 17.0. The fraction of sp³-hybridized carbons (Fsp3) is 0.0652. The third-order valence-corrected chi connectivity index (χ3v) is 10.6. The number of benzene rings is 7. The predicted octanol–water partition coefficient (Wildman–Crippen LogP) is 11.8. The van der Waals surface area contributed by atoms with E-state index in [1.807, 2.05) is 22.8 Å². The Hall–Kier alpha value is -6.19. The number of allylic oxidation sites excluding steroid dienone is 5. The number of para-hydroxylation sites is 1. The quantitative estimate of drug-likeness (QED) is 0.179. The minimum atomic E-state index is -0.0344. The molecule has 3 nitrogen and oxygen atoms in total. The van der Waals surface area contributed by atoms with Gasteiger partial charge in [0.05, 0.1) is 16.6 Å². The molecular weight excluding hydrogens is 597 g/mol. The van der Waals surface area contributed by atoms with E-state index in [2.05, 4.69) is 139 Å². The van der Waals surface area contributed by atoms with Crippen LogP contribution in [0.2, 0.25) is 0 Å². The summed E-state index contributed by atoms with van der Waals surface area (Å²) in [6.07, 6.45) is 8.42. The van der Waals surface area contributed by atoms with E-state index in [0.717, 1.165) is 73.5 Å². The fourth-order valence-electron chi connectivity index (χ4n) is 8.43. The molecule has 0 saturated carbocycles. The lowest BCUT2D eigenvalue weighted by Gasteiger charge is -2.20. The second-order valence-electron chi connectivity index (χ2n) is 13.3. The molecule has 10 rings (SSSR count). The smallest absolute Gasteiger partial charge is 0.263 e. The van der Waals surface area contributed by atoms with Gasteiger partial charge in [-0.3, -0.25) is 9.36 Å². The zero-order valence-corrected chi connectivity index (χ0v) is 27.2. The molecule has 1 aliphatic rings. The summed E-state index contributed by atoms with van der Waals surface area (Å²) >= 11 is 0. The van der Waals surface area contributed by atoms with Crippen LogP contribution in [0.1, 0.15) is 18.4 Å². The van der Waals surface area contributed by atoms with Gasteiger partial charge in [-0.25, -0.2) is 0 Å². The second-order valence-corrected chi connectivity index (χ2v) is 13.3. The summed E-state index contributed by atoms with van der Waals surface area (Å²) in [5.74, 6) is 0. The maximum atomic E-state index is 14.4. The Morgan fingerprint density at radius 3 is 1.86 bits per heavy atom. The van der Waals surface area contributed by atoms with Gasteiger partial charge in [-0.05, 0) is 98.9 Å². The monoisotopic (exact) mass is 628 g/mol. The molecule has 0 radical (unpaired) electrons. The summed E-state index contributed by atoms with van der Waals surface area (Å²) in [5, 5.41) is 12.6. The van der Waals surface area contributed by atoms with Crippen molar-refractivity contribution in [1.29, 1.82) is 0 Å². The van der Waals surface area contributed by atoms with E-state index in [1.165, 1.54) is 32.3 Å². The molecule has 7 aromatic carbocycles. The molecule has 0 aliphatic heterocycles. The lowest BCUT2D eigenvalue weighted by Crippen LogP contribution is -2.21. The molecule has 2 aromatic heterocycles. The average Bonchev–Trinajstić information content (AvgIpc) is 3.48. The molecule has 9 aromatic rings. The summed E-state index contributed by atoms with van der Waals surface area (Å²) in [7, 11) is 0. The van der Waals surface area contributed by atoms with Crippen LogP contribution >= 0.6 is 0 Å². The summed E-state index contributed by atoms with van der Waals surface area (Å²) in [4.78, 5) is 14.4. The fourth-order valence-corrected chi connectivity index (χ4v) is 8.43. The van der Waals surface area contributed by atoms with Crippen molar-refractivity contribution in [3.05, 3.63) is 168 Å². The lowest BCUT2D eigenvalue weighted by atomic mass is 9.94. The molecule has 0 bridgehead atoms. The van der Waals surface area contributed by atoms with E-state index in [0.29, 0.717) is 5.39 Å². The third kappa shape index (κ3) is 3.87. The Bertz CT molecular complexity index is 3000. The maximum absolute atomic E-state index is 14.4. The number of hydrogen-bond acceptors (Lipinski definition) is 1. The minimum absolute atomic E-state index is 0.0344. The molecule has 3 heteroatoms. The summed E-state index contributed by atoms with van der Waals surface area (Å²) in [5.41, 5.74) is 7.00. The van der Waals surface area contributed by atoms with E-state index in [1.54, 1.807) is 0 Å². The van der Waals surface area contributed by atoms with Crippen molar-refractivity contribution in [2.24, 2.45) is 0 Å². The zero-order chi connectivity index (χ0) is 32.8. The van der Waals surface area contributed by atoms with Crippen LogP contribution in [0.25, 0.3) is 87.2 Å². The number of nitrogens with zero attached hydrogens (tertiary/aromatic N) is 2. The van der Waals surface area contributed by atoms with Crippen LogP contribution in [-0.2, 0) is 0 Å². The van der Waals surface area contributed by atoms with E-state index in [9.17, 15) is 4.79 Å². The topological polar surface area (TPSA) is 26.9 Å². The summed E-state index contributed by atoms with van der Waals surface area (Å²) in [6, 6.07) is 43.4. The Morgan fingerprint density at radius 1 is 0.592 bits per heavy atom. The molecule has 0 fully saturated rings. The highest BCUT2D eigenvalue weighted by Gasteiger charge is 2.23. The maximum Gasteiger partial charge on any atom is 0.263 e. The zero-order valence-electron chi connectivity index (χ0n) is 27.2. The van der Waals surface area contributed by atoms with Gasteiger partial charge in [-0.2, -0.15) is 0 Å². The van der Waals surface area contributed by atoms with E-state index >= 15 is 0 Å². The van der Waals surface area contributed by atoms with Gasteiger partial charge in [0, 0.05) is 32.9 Å². The van der Waals surface area contributed by atoms with Crippen molar-refractivity contribution in [3.63, 3.8) is 0 Å². The lowest BCUT2D eigenvalue weighted by molar-refractivity contribution is 1.01. The van der Waals surface area contributed by atoms with Crippen molar-refractivity contribution in [2.75, 3.05) is 0 Å². The first-order valence-electron chi connectivity index (χ1n) is 17.0. The van der Waals surface area contributed by atoms with E-state index in [4.69, 9.17) is 0 Å². The van der Waals surface area contributed by atoms with Crippen molar-refractivity contribution in [2.45, 2.75) is 19.8 Å². The molecular formula is C46H32N2O. The normalized spacial score (nSPS) is 13.4. The number of aryl methyl sites for hydroxylation is 1. The van der Waals surface area contributed by atoms with Crippen LogP contribution in [0.5, 0.6) is 0 Å². The Kier molecular flexibility index (Phi) is 5.92. The highest BCUT2D eigenvalue weighted by molar-refractivity contribution is 6.29. The highest BCUT2D eigenvalue weighted by atomic mass is 16.1. The Labute approximate surface area is 282 Å². The molecule has 0 unspecified atom stereocenters. The first-order chi connectivity index (χ1) is 24.1. The largest absolute Gasteiger partial charge is 0.309 e. The van der Waals surface area contributed by atoms with Gasteiger partial charge in [-0.1, -0.05) is 116 Å². The number of pyridine rings is 1. The van der Waals surface area contributed by atoms with Crippen LogP contribution in [0, 0.1) is 6.92 Å². The third-order valence-electron chi connectivity index (χ3n) is 10.6. The second kappa shape index (κ2) is 10.4. The van der Waals surface area contributed by atoms with Crippen molar-refractivity contribution in [3.8, 4) is 5.69 Å². The molecule has 0 atom stereocenters. The van der Waals surface area contributed by atoms with E-state index < -0.39 is 0 Å². The molecule has 0 saturated heterocycles. The van der Waals surface area contributed by atoms with Gasteiger partial charge in [0.15, 0.2) is 0 Å². The van der Waals surface area contributed by atoms with Crippen molar-refractivity contribution >= 4 is 81.5 Å². The molecule has 0 amide bonds. The molecule has 0 spiro atoms. The molecule has 0 N–H and O–H groups in total. The number of rotatable bonds is 3. The predicted molar refractivity (Wildman–Crippen MR) is 209 cm³/mol. The molecule has 1 aliphatic carbocycles. The van der Waals surface area contributed by atoms with Crippen LogP contribution in [0.15, 0.2) is 157 Å². The standard InChI is InChI=1S/C46H32N2O/c1-28-26-42-43(44-37-20-10-11-21-38(37)46(49)47(45(28)44)29(2)30-14-4-3-5-15-30)39-22-12-13-23-41(39)48(42)31-24-25-36-34-18-7-6-16-32(34)33-17-8-9-19-35(33)40(36)27-31/h4,6-27H,2-3,5H2,1H3. The number of fused-ring (bicyclic) bond motifs is 13. The minimum Gasteiger partial charge on any atom is -0.309 e. The van der Waals surface area contributed by atoms with Gasteiger partial charge >= 0.3 is 0 Å². The first kappa shape index (κ1) is 27.9. The van der Waals surface area contributed by atoms with Crippen LogP contribution in [0.4, 0.5) is 0 Å². The van der Waals surface area contributed by atoms with E-state index in [-0.39, 0.29) is 5.56 Å². The summed E-state index contributed by atoms with van der Waals surface area (Å²) in [6.45, 7) is 6.65. The van der Waals surface area contributed by atoms with Gasteiger partial charge < -0.3 is 4.57 Å². The van der Waals surface area contributed by atoms with Gasteiger partial charge in [0.1, 0.15) is 0 Å². The SMILES string of the molecule is C=C(C1=CCCC=C1)n1c(=O)c2ccccc2c2c3c4ccccc4n(-c4ccc5c6ccccc6c6ccccc6c5c4)c3cc(C)c21. The molecule has 49 heavy (non-hydrogen) atoms. The number of aromatic nitrogens is 2. The van der Waals surface area contributed by atoms with Gasteiger partial charge in [0.25, 0.3) is 5.56 Å². The summed E-state index contributed by atoms with van der Waals surface area (Å²) < 4.78 is 4.28. The number of hydrogen-bond donors (Lipinski definition) is 0. The van der Waals surface area contributed by atoms with Crippen molar-refractivity contribution in [1.82, 2.24) is 9.13 Å². The van der Waals surface area contributed by atoms with Crippen LogP contribution in [0.3, 0.4) is 0 Å². The Balaban J connectivity index is 1.37. The highest BCUT2D eigenvalue weighted by Crippen LogP contribution is 2.43. The molecule has 2 heterocycles. The average molecular weight is 629 g/mol. The van der Waals surface area contributed by atoms with Crippen LogP contribution in [-0.4, -0.2) is 9.13 Å². The van der Waals surface area contributed by atoms with Gasteiger partial charge in [-0.15, -0.1) is 0 Å². The van der Waals surface area contributed by atoms with Gasteiger partial charge in [0.2, 0.25) is 0 Å².